The average molecular weight is 421 g/mol. The summed E-state index contributed by atoms with van der Waals surface area (Å²) < 4.78 is 7.60. The van der Waals surface area contributed by atoms with Gasteiger partial charge >= 0.3 is 0 Å². The van der Waals surface area contributed by atoms with Crippen LogP contribution in [-0.4, -0.2) is 63.8 Å². The summed E-state index contributed by atoms with van der Waals surface area (Å²) in [6.07, 6.45) is 0. The second-order valence-corrected chi connectivity index (χ2v) is 8.06. The van der Waals surface area contributed by atoms with E-state index in [4.69, 9.17) is 4.74 Å². The Morgan fingerprint density at radius 3 is 2.52 bits per heavy atom. The highest BCUT2D eigenvalue weighted by molar-refractivity contribution is 5.78. The maximum atomic E-state index is 12.7. The lowest BCUT2D eigenvalue weighted by Gasteiger charge is -2.34. The first kappa shape index (κ1) is 20.8. The smallest absolute Gasteiger partial charge is 0.260 e. The molecule has 1 aliphatic rings. The van der Waals surface area contributed by atoms with Crippen LogP contribution >= 0.6 is 0 Å². The zero-order chi connectivity index (χ0) is 21.8. The summed E-state index contributed by atoms with van der Waals surface area (Å²) in [4.78, 5) is 16.7. The number of tetrazole rings is 1. The molecule has 1 amide bonds. The number of piperazine rings is 1. The van der Waals surface area contributed by atoms with E-state index in [2.05, 4.69) is 40.3 Å². The van der Waals surface area contributed by atoms with Gasteiger partial charge in [0.15, 0.2) is 6.61 Å². The van der Waals surface area contributed by atoms with Crippen LogP contribution in [0.2, 0.25) is 0 Å². The molecule has 0 unspecified atom stereocenters. The molecule has 162 valence electrons. The summed E-state index contributed by atoms with van der Waals surface area (Å²) in [7, 11) is 0. The maximum Gasteiger partial charge on any atom is 0.260 e. The molecule has 8 nitrogen and oxygen atoms in total. The zero-order valence-electron chi connectivity index (χ0n) is 18.2. The van der Waals surface area contributed by atoms with Crippen LogP contribution < -0.4 is 9.64 Å². The third-order valence-corrected chi connectivity index (χ3v) is 5.60. The van der Waals surface area contributed by atoms with Crippen LogP contribution in [0.25, 0.3) is 5.69 Å². The van der Waals surface area contributed by atoms with Crippen molar-refractivity contribution in [1.29, 1.82) is 0 Å². The highest BCUT2D eigenvalue weighted by atomic mass is 16.5. The molecular formula is C23H28N6O2. The lowest BCUT2D eigenvalue weighted by molar-refractivity contribution is -0.133. The minimum absolute atomic E-state index is 0.00310. The van der Waals surface area contributed by atoms with Crippen molar-refractivity contribution in [2.45, 2.75) is 26.7 Å². The van der Waals surface area contributed by atoms with E-state index < -0.39 is 0 Å². The second-order valence-electron chi connectivity index (χ2n) is 8.06. The number of hydrogen-bond acceptors (Lipinski definition) is 6. The first-order valence-electron chi connectivity index (χ1n) is 10.6. The van der Waals surface area contributed by atoms with Gasteiger partial charge in [0.05, 0.1) is 5.69 Å². The van der Waals surface area contributed by atoms with Crippen molar-refractivity contribution in [3.05, 3.63) is 59.7 Å². The van der Waals surface area contributed by atoms with Gasteiger partial charge in [0.2, 0.25) is 5.95 Å². The number of amides is 1. The van der Waals surface area contributed by atoms with E-state index in [1.807, 2.05) is 54.3 Å². The van der Waals surface area contributed by atoms with Crippen LogP contribution in [0, 0.1) is 6.92 Å². The molecule has 0 atom stereocenters. The molecule has 3 aromatic rings. The third-order valence-electron chi connectivity index (χ3n) is 5.60. The molecule has 0 bridgehead atoms. The predicted octanol–water partition coefficient (Wildman–Crippen LogP) is 2.82. The van der Waals surface area contributed by atoms with Crippen molar-refractivity contribution in [3.8, 4) is 11.4 Å². The number of carbonyl (C=O) groups excluding carboxylic acids is 1. The Kier molecular flexibility index (Phi) is 6.16. The molecule has 1 aromatic heterocycles. The number of ether oxygens (including phenoxy) is 1. The summed E-state index contributed by atoms with van der Waals surface area (Å²) in [6, 6.07) is 16.0. The Labute approximate surface area is 182 Å². The van der Waals surface area contributed by atoms with Crippen LogP contribution in [0.3, 0.4) is 0 Å². The van der Waals surface area contributed by atoms with Gasteiger partial charge < -0.3 is 14.5 Å². The zero-order valence-corrected chi connectivity index (χ0v) is 18.2. The number of para-hydroxylation sites is 1. The highest BCUT2D eigenvalue weighted by Crippen LogP contribution is 2.24. The summed E-state index contributed by atoms with van der Waals surface area (Å²) in [5, 5.41) is 12.2. The maximum absolute atomic E-state index is 12.7. The highest BCUT2D eigenvalue weighted by Gasteiger charge is 2.25. The van der Waals surface area contributed by atoms with E-state index in [0.29, 0.717) is 38.0 Å². The van der Waals surface area contributed by atoms with Crippen LogP contribution in [0.4, 0.5) is 5.95 Å². The fourth-order valence-electron chi connectivity index (χ4n) is 3.63. The number of aromatic nitrogens is 4. The molecule has 0 aliphatic carbocycles. The summed E-state index contributed by atoms with van der Waals surface area (Å²) in [6.45, 7) is 8.88. The molecule has 0 spiro atoms. The van der Waals surface area contributed by atoms with Crippen LogP contribution in [0.5, 0.6) is 5.75 Å². The molecule has 1 fully saturated rings. The Hall–Kier alpha value is -3.42. The fourth-order valence-corrected chi connectivity index (χ4v) is 3.63. The van der Waals surface area contributed by atoms with Crippen molar-refractivity contribution in [1.82, 2.24) is 25.1 Å². The largest absolute Gasteiger partial charge is 0.483 e. The molecule has 0 saturated carbocycles. The lowest BCUT2D eigenvalue weighted by Crippen LogP contribution is -2.50. The number of anilines is 1. The molecule has 2 heterocycles. The van der Waals surface area contributed by atoms with E-state index in [0.717, 1.165) is 17.0 Å². The number of carbonyl (C=O) groups is 1. The molecule has 0 N–H and O–H groups in total. The normalized spacial score (nSPS) is 14.2. The molecule has 1 saturated heterocycles. The SMILES string of the molecule is Cc1ccc(C(C)C)cc1OCC(=O)N1CCN(c2nnnn2-c2ccccc2)CC1. The van der Waals surface area contributed by atoms with E-state index in [9.17, 15) is 4.79 Å². The van der Waals surface area contributed by atoms with Gasteiger partial charge in [-0.05, 0) is 52.6 Å². The molecule has 1 aliphatic heterocycles. The molecule has 31 heavy (non-hydrogen) atoms. The van der Waals surface area contributed by atoms with E-state index in [1.54, 1.807) is 4.68 Å². The Bertz CT molecular complexity index is 1030. The van der Waals surface area contributed by atoms with Gasteiger partial charge in [-0.3, -0.25) is 4.79 Å². The van der Waals surface area contributed by atoms with E-state index >= 15 is 0 Å². The number of nitrogens with zero attached hydrogens (tertiary/aromatic N) is 6. The minimum Gasteiger partial charge on any atom is -0.483 e. The number of benzene rings is 2. The van der Waals surface area contributed by atoms with Gasteiger partial charge in [-0.2, -0.15) is 4.68 Å². The third kappa shape index (κ3) is 4.68. The average Bonchev–Trinajstić information content (AvgIpc) is 3.29. The lowest BCUT2D eigenvalue weighted by atomic mass is 10.0. The first-order valence-corrected chi connectivity index (χ1v) is 10.6. The molecule has 8 heteroatoms. The van der Waals surface area contributed by atoms with Crippen LogP contribution in [0.15, 0.2) is 48.5 Å². The van der Waals surface area contributed by atoms with Crippen LogP contribution in [0.1, 0.15) is 30.9 Å². The predicted molar refractivity (Wildman–Crippen MR) is 119 cm³/mol. The Balaban J connectivity index is 1.34. The van der Waals surface area contributed by atoms with Crippen molar-refractivity contribution in [2.75, 3.05) is 37.7 Å². The number of aryl methyl sites for hydroxylation is 1. The Morgan fingerprint density at radius 2 is 1.81 bits per heavy atom. The van der Waals surface area contributed by atoms with E-state index in [-0.39, 0.29) is 12.5 Å². The second kappa shape index (κ2) is 9.16. The fraction of sp³-hybridized carbons (Fsp3) is 0.391. The van der Waals surface area contributed by atoms with Gasteiger partial charge in [-0.15, -0.1) is 0 Å². The molecule has 4 rings (SSSR count). The summed E-state index contributed by atoms with van der Waals surface area (Å²) in [5.41, 5.74) is 3.15. The summed E-state index contributed by atoms with van der Waals surface area (Å²) >= 11 is 0. The van der Waals surface area contributed by atoms with Gasteiger partial charge in [-0.25, -0.2) is 0 Å². The van der Waals surface area contributed by atoms with Crippen molar-refractivity contribution in [3.63, 3.8) is 0 Å². The van der Waals surface area contributed by atoms with Crippen molar-refractivity contribution < 1.29 is 9.53 Å². The van der Waals surface area contributed by atoms with Gasteiger partial charge in [0, 0.05) is 26.2 Å². The van der Waals surface area contributed by atoms with E-state index in [1.165, 1.54) is 5.56 Å². The topological polar surface area (TPSA) is 76.4 Å². The summed E-state index contributed by atoms with van der Waals surface area (Å²) in [5.74, 6) is 1.88. The van der Waals surface area contributed by atoms with Gasteiger partial charge in [0.25, 0.3) is 5.91 Å². The number of hydrogen-bond donors (Lipinski definition) is 0. The molecular weight excluding hydrogens is 392 g/mol. The van der Waals surface area contributed by atoms with Crippen molar-refractivity contribution in [2.24, 2.45) is 0 Å². The minimum atomic E-state index is -0.00310. The Morgan fingerprint density at radius 1 is 1.06 bits per heavy atom. The molecule has 2 aromatic carbocycles. The van der Waals surface area contributed by atoms with Crippen LogP contribution in [-0.2, 0) is 4.79 Å². The van der Waals surface area contributed by atoms with Gasteiger partial charge in [0.1, 0.15) is 5.75 Å². The number of rotatable bonds is 6. The van der Waals surface area contributed by atoms with Crippen molar-refractivity contribution >= 4 is 11.9 Å². The standard InChI is InChI=1S/C23H28N6O2/c1-17(2)19-10-9-18(3)21(15-19)31-16-22(30)27-11-13-28(14-12-27)23-24-25-26-29(23)20-7-5-4-6-8-20/h4-10,15,17H,11-14,16H2,1-3H3. The molecule has 0 radical (unpaired) electrons. The quantitative estimate of drug-likeness (QED) is 0.610. The van der Waals surface area contributed by atoms with Gasteiger partial charge in [-0.1, -0.05) is 49.3 Å². The first-order chi connectivity index (χ1) is 15.0. The monoisotopic (exact) mass is 420 g/mol.